The Morgan fingerprint density at radius 1 is 1.02 bits per heavy atom. The van der Waals surface area contributed by atoms with Gasteiger partial charge in [0.25, 0.3) is 0 Å². The maximum absolute atomic E-state index is 11.3. The van der Waals surface area contributed by atoms with Crippen LogP contribution < -0.4 is 21.7 Å². The average Bonchev–Trinajstić information content (AvgIpc) is 2.96. The molecule has 9 heteroatoms. The maximum Gasteiger partial charge on any atom is 0.248 e. The number of anilines is 4. The van der Waals surface area contributed by atoms with Crippen LogP contribution in [0.5, 0.6) is 0 Å². The Hall–Kier alpha value is -4.39. The van der Waals surface area contributed by atoms with Crippen molar-refractivity contribution in [2.75, 3.05) is 63.3 Å². The van der Waals surface area contributed by atoms with Crippen molar-refractivity contribution >= 4 is 29.0 Å². The first kappa shape index (κ1) is 31.1. The second-order valence-corrected chi connectivity index (χ2v) is 10.2. The van der Waals surface area contributed by atoms with Crippen molar-refractivity contribution in [3.63, 3.8) is 0 Å². The zero-order valence-corrected chi connectivity index (χ0v) is 24.7. The largest absolute Gasteiger partial charge is 0.383 e. The SMILES string of the molecule is CCCNc1nc(Nc2ccc(C(N)=O)cc2)ncc1C#Cc1cccc(NC[C@H](C)N(C)C/C=C/CN(C)C)c1. The number of hydrogen-bond donors (Lipinski definition) is 4. The van der Waals surface area contributed by atoms with Crippen molar-refractivity contribution in [2.45, 2.75) is 26.3 Å². The quantitative estimate of drug-likeness (QED) is 0.172. The maximum atomic E-state index is 11.3. The zero-order valence-electron chi connectivity index (χ0n) is 24.7. The molecular weight excluding hydrogens is 512 g/mol. The van der Waals surface area contributed by atoms with Crippen molar-refractivity contribution in [3.8, 4) is 11.8 Å². The molecule has 0 saturated heterocycles. The van der Waals surface area contributed by atoms with Gasteiger partial charge >= 0.3 is 0 Å². The van der Waals surface area contributed by atoms with Gasteiger partial charge in [-0.05, 0) is 77.0 Å². The molecule has 0 aliphatic heterocycles. The third kappa shape index (κ3) is 10.6. The minimum absolute atomic E-state index is 0.367. The summed E-state index contributed by atoms with van der Waals surface area (Å²) in [4.78, 5) is 24.9. The number of hydrogen-bond acceptors (Lipinski definition) is 8. The van der Waals surface area contributed by atoms with Crippen LogP contribution in [0.1, 0.15) is 41.8 Å². The fourth-order valence-corrected chi connectivity index (χ4v) is 3.73. The van der Waals surface area contributed by atoms with Gasteiger partial charge in [0.15, 0.2) is 0 Å². The summed E-state index contributed by atoms with van der Waals surface area (Å²) in [5, 5.41) is 10.1. The molecule has 5 N–H and O–H groups in total. The first-order chi connectivity index (χ1) is 19.7. The Balaban J connectivity index is 1.66. The number of primary amides is 1. The fourth-order valence-electron chi connectivity index (χ4n) is 3.73. The predicted molar refractivity (Wildman–Crippen MR) is 170 cm³/mol. The van der Waals surface area contributed by atoms with Gasteiger partial charge in [-0.3, -0.25) is 9.69 Å². The smallest absolute Gasteiger partial charge is 0.248 e. The number of rotatable bonds is 14. The van der Waals surface area contributed by atoms with E-state index in [2.05, 4.69) is 107 Å². The number of carbonyl (C=O) groups is 1. The molecule has 3 aromatic rings. The van der Waals surface area contributed by atoms with Crippen LogP contribution in [0.4, 0.5) is 23.1 Å². The molecule has 0 radical (unpaired) electrons. The lowest BCUT2D eigenvalue weighted by atomic mass is 10.1. The summed E-state index contributed by atoms with van der Waals surface area (Å²) in [5.41, 5.74) is 9.17. The molecule has 1 amide bonds. The molecule has 0 spiro atoms. The fraction of sp³-hybridized carbons (Fsp3) is 0.344. The van der Waals surface area contributed by atoms with Gasteiger partial charge in [-0.25, -0.2) is 4.98 Å². The van der Waals surface area contributed by atoms with E-state index in [0.29, 0.717) is 28.9 Å². The summed E-state index contributed by atoms with van der Waals surface area (Å²) >= 11 is 0. The van der Waals surface area contributed by atoms with E-state index in [9.17, 15) is 4.79 Å². The van der Waals surface area contributed by atoms with E-state index in [1.165, 1.54) is 0 Å². The molecule has 0 fully saturated rings. The lowest BCUT2D eigenvalue weighted by Crippen LogP contribution is -2.35. The van der Waals surface area contributed by atoms with Crippen LogP contribution in [-0.2, 0) is 0 Å². The summed E-state index contributed by atoms with van der Waals surface area (Å²) in [6, 6.07) is 15.3. The normalized spacial score (nSPS) is 11.8. The van der Waals surface area contributed by atoms with Gasteiger partial charge in [-0.1, -0.05) is 37.0 Å². The van der Waals surface area contributed by atoms with Gasteiger partial charge in [-0.2, -0.15) is 4.98 Å². The first-order valence-electron chi connectivity index (χ1n) is 13.9. The van der Waals surface area contributed by atoms with E-state index in [0.717, 1.165) is 49.5 Å². The highest BCUT2D eigenvalue weighted by Gasteiger charge is 2.09. The molecule has 0 saturated carbocycles. The van der Waals surface area contributed by atoms with Crippen LogP contribution in [0.3, 0.4) is 0 Å². The van der Waals surface area contributed by atoms with Crippen molar-refractivity contribution in [1.29, 1.82) is 0 Å². The van der Waals surface area contributed by atoms with Crippen LogP contribution in [0.2, 0.25) is 0 Å². The van der Waals surface area contributed by atoms with Crippen LogP contribution in [0, 0.1) is 11.8 Å². The predicted octanol–water partition coefficient (Wildman–Crippen LogP) is 4.39. The minimum Gasteiger partial charge on any atom is -0.383 e. The summed E-state index contributed by atoms with van der Waals surface area (Å²) < 4.78 is 0. The van der Waals surface area contributed by atoms with Gasteiger partial charge in [0, 0.05) is 54.7 Å². The Labute approximate surface area is 244 Å². The summed E-state index contributed by atoms with van der Waals surface area (Å²) in [6.45, 7) is 7.76. The summed E-state index contributed by atoms with van der Waals surface area (Å²) in [6.07, 6.45) is 7.07. The molecule has 0 aliphatic carbocycles. The lowest BCUT2D eigenvalue weighted by Gasteiger charge is -2.24. The number of likely N-dealkylation sites (N-methyl/N-ethyl adjacent to an activating group) is 2. The molecular formula is C32H42N8O. The first-order valence-corrected chi connectivity index (χ1v) is 13.9. The number of aromatic nitrogens is 2. The van der Waals surface area contributed by atoms with Crippen molar-refractivity contribution in [3.05, 3.63) is 83.6 Å². The molecule has 0 aliphatic rings. The minimum atomic E-state index is -0.468. The van der Waals surface area contributed by atoms with Crippen LogP contribution in [0.25, 0.3) is 0 Å². The molecule has 1 atom stereocenters. The topological polar surface area (TPSA) is 111 Å². The molecule has 216 valence electrons. The number of nitrogens with zero attached hydrogens (tertiary/aromatic N) is 4. The van der Waals surface area contributed by atoms with Gasteiger partial charge in [-0.15, -0.1) is 0 Å². The summed E-state index contributed by atoms with van der Waals surface area (Å²) in [7, 11) is 6.28. The van der Waals surface area contributed by atoms with Crippen molar-refractivity contribution < 1.29 is 4.79 Å². The summed E-state index contributed by atoms with van der Waals surface area (Å²) in [5.74, 6) is 7.12. The van der Waals surface area contributed by atoms with Gasteiger partial charge < -0.3 is 26.6 Å². The van der Waals surface area contributed by atoms with Crippen LogP contribution >= 0.6 is 0 Å². The molecule has 2 aromatic carbocycles. The van der Waals surface area contributed by atoms with Crippen LogP contribution in [0.15, 0.2) is 66.9 Å². The number of nitrogens with two attached hydrogens (primary N) is 1. The monoisotopic (exact) mass is 554 g/mol. The second-order valence-electron chi connectivity index (χ2n) is 10.2. The Bertz CT molecular complexity index is 1360. The third-order valence-electron chi connectivity index (χ3n) is 6.35. The molecule has 0 unspecified atom stereocenters. The van der Waals surface area contributed by atoms with Crippen LogP contribution in [-0.4, -0.2) is 79.0 Å². The number of amides is 1. The average molecular weight is 555 g/mol. The van der Waals surface area contributed by atoms with E-state index >= 15 is 0 Å². The van der Waals surface area contributed by atoms with Gasteiger partial charge in [0.1, 0.15) is 5.82 Å². The lowest BCUT2D eigenvalue weighted by molar-refractivity contribution is 0.100. The molecule has 1 aromatic heterocycles. The highest BCUT2D eigenvalue weighted by atomic mass is 16.1. The zero-order chi connectivity index (χ0) is 29.6. The van der Waals surface area contributed by atoms with Crippen molar-refractivity contribution in [1.82, 2.24) is 19.8 Å². The van der Waals surface area contributed by atoms with Crippen molar-refractivity contribution in [2.24, 2.45) is 5.73 Å². The molecule has 0 bridgehead atoms. The van der Waals surface area contributed by atoms with E-state index in [-0.39, 0.29) is 0 Å². The highest BCUT2D eigenvalue weighted by Crippen LogP contribution is 2.18. The third-order valence-corrected chi connectivity index (χ3v) is 6.35. The molecule has 3 rings (SSSR count). The number of carbonyl (C=O) groups excluding carboxylic acids is 1. The van der Waals surface area contributed by atoms with E-state index in [1.54, 1.807) is 30.5 Å². The van der Waals surface area contributed by atoms with E-state index < -0.39 is 5.91 Å². The Morgan fingerprint density at radius 3 is 2.49 bits per heavy atom. The highest BCUT2D eigenvalue weighted by molar-refractivity contribution is 5.93. The standard InChI is InChI=1S/C32H42N8O/c1-6-18-34-31-27(23-36-32(38-31)37-28-16-14-26(15-17-28)30(33)41)13-12-25-10-9-11-29(21-25)35-22-24(2)40(5)20-8-7-19-39(3)4/h7-11,14-17,21,23-24,35H,6,18-20,22H2,1-5H3,(H2,33,41)(H2,34,36,37,38)/b8-7+/t24-/m0/s1. The molecule has 9 nitrogen and oxygen atoms in total. The Kier molecular flexibility index (Phi) is 12.2. The van der Waals surface area contributed by atoms with E-state index in [1.807, 2.05) is 12.1 Å². The second kappa shape index (κ2) is 16.0. The van der Waals surface area contributed by atoms with Gasteiger partial charge in [0.2, 0.25) is 11.9 Å². The van der Waals surface area contributed by atoms with Gasteiger partial charge in [0.05, 0.1) is 11.8 Å². The number of benzene rings is 2. The molecule has 41 heavy (non-hydrogen) atoms. The number of nitrogens with one attached hydrogen (secondary N) is 3. The Morgan fingerprint density at radius 2 is 1.78 bits per heavy atom. The molecule has 1 heterocycles. The van der Waals surface area contributed by atoms with E-state index in [4.69, 9.17) is 5.73 Å².